The minimum absolute atomic E-state index is 0.102. The predicted molar refractivity (Wildman–Crippen MR) is 78.2 cm³/mol. The predicted octanol–water partition coefficient (Wildman–Crippen LogP) is 2.33. The minimum atomic E-state index is -3.89. The number of nitrogens with zero attached hydrogens (tertiary/aromatic N) is 1. The second-order valence-electron chi connectivity index (χ2n) is 4.47. The zero-order valence-corrected chi connectivity index (χ0v) is 11.9. The molecule has 0 atom stereocenters. The highest BCUT2D eigenvalue weighted by atomic mass is 32.2. The van der Waals surface area contributed by atoms with E-state index in [1.165, 1.54) is 36.7 Å². The number of benzene rings is 2. The number of carboxylic acids is 1. The number of anilines is 1. The lowest BCUT2D eigenvalue weighted by Gasteiger charge is -2.08. The van der Waals surface area contributed by atoms with Crippen molar-refractivity contribution in [2.45, 2.75) is 4.90 Å². The Morgan fingerprint density at radius 2 is 2.00 bits per heavy atom. The number of rotatable bonds is 4. The van der Waals surface area contributed by atoms with Crippen molar-refractivity contribution >= 4 is 32.8 Å². The highest BCUT2D eigenvalue weighted by molar-refractivity contribution is 7.92. The molecule has 22 heavy (non-hydrogen) atoms. The van der Waals surface area contributed by atoms with Gasteiger partial charge < -0.3 is 9.52 Å². The van der Waals surface area contributed by atoms with Gasteiger partial charge in [-0.3, -0.25) is 4.72 Å². The highest BCUT2D eigenvalue weighted by Gasteiger charge is 2.16. The molecule has 0 radical (unpaired) electrons. The largest absolute Gasteiger partial charge is 0.478 e. The first-order valence-electron chi connectivity index (χ1n) is 6.15. The van der Waals surface area contributed by atoms with Crippen molar-refractivity contribution in [3.63, 3.8) is 0 Å². The lowest BCUT2D eigenvalue weighted by Crippen LogP contribution is -2.13. The number of hydrogen-bond acceptors (Lipinski definition) is 5. The number of sulfonamides is 1. The second kappa shape index (κ2) is 5.15. The summed E-state index contributed by atoms with van der Waals surface area (Å²) in [4.78, 5) is 14.7. The molecule has 8 heteroatoms. The molecule has 0 aliphatic carbocycles. The van der Waals surface area contributed by atoms with Crippen LogP contribution in [0, 0.1) is 0 Å². The van der Waals surface area contributed by atoms with E-state index in [1.54, 1.807) is 6.07 Å². The maximum atomic E-state index is 12.3. The third-order valence-corrected chi connectivity index (χ3v) is 4.35. The van der Waals surface area contributed by atoms with E-state index in [0.717, 1.165) is 6.07 Å². The Labute approximate surface area is 125 Å². The number of carbonyl (C=O) groups is 1. The average molecular weight is 318 g/mol. The van der Waals surface area contributed by atoms with Gasteiger partial charge in [0.2, 0.25) is 0 Å². The quantitative estimate of drug-likeness (QED) is 0.764. The van der Waals surface area contributed by atoms with Crippen molar-refractivity contribution in [3.8, 4) is 0 Å². The number of hydrogen-bond donors (Lipinski definition) is 2. The van der Waals surface area contributed by atoms with Gasteiger partial charge in [0.15, 0.2) is 12.0 Å². The van der Waals surface area contributed by atoms with Crippen LogP contribution in [0.4, 0.5) is 5.69 Å². The molecule has 0 bridgehead atoms. The number of fused-ring (bicyclic) bond motifs is 1. The van der Waals surface area contributed by atoms with Crippen molar-refractivity contribution in [1.82, 2.24) is 4.98 Å². The monoisotopic (exact) mass is 318 g/mol. The van der Waals surface area contributed by atoms with E-state index >= 15 is 0 Å². The lowest BCUT2D eigenvalue weighted by atomic mass is 10.2. The van der Waals surface area contributed by atoms with E-state index in [4.69, 9.17) is 9.52 Å². The Bertz CT molecular complexity index is 962. The molecule has 0 amide bonds. The van der Waals surface area contributed by atoms with Crippen LogP contribution in [-0.2, 0) is 10.0 Å². The molecule has 0 saturated heterocycles. The van der Waals surface area contributed by atoms with Gasteiger partial charge >= 0.3 is 5.97 Å². The number of oxazole rings is 1. The Kier molecular flexibility index (Phi) is 3.30. The third kappa shape index (κ3) is 2.63. The van der Waals surface area contributed by atoms with Gasteiger partial charge in [0, 0.05) is 0 Å². The van der Waals surface area contributed by atoms with Gasteiger partial charge in [-0.15, -0.1) is 0 Å². The van der Waals surface area contributed by atoms with Crippen LogP contribution in [0.2, 0.25) is 0 Å². The molecule has 1 aromatic heterocycles. The van der Waals surface area contributed by atoms with Gasteiger partial charge in [-0.2, -0.15) is 0 Å². The van der Waals surface area contributed by atoms with Crippen LogP contribution in [-0.4, -0.2) is 24.5 Å². The molecule has 0 aliphatic heterocycles. The summed E-state index contributed by atoms with van der Waals surface area (Å²) < 4.78 is 32.1. The Hall–Kier alpha value is -2.87. The SMILES string of the molecule is O=C(O)c1cccc(S(=O)(=O)Nc2ccc3ocnc3c2)c1. The molecule has 0 fully saturated rings. The van der Waals surface area contributed by atoms with Crippen molar-refractivity contribution in [1.29, 1.82) is 0 Å². The van der Waals surface area contributed by atoms with Crippen LogP contribution in [0.3, 0.4) is 0 Å². The van der Waals surface area contributed by atoms with Crippen LogP contribution in [0.1, 0.15) is 10.4 Å². The highest BCUT2D eigenvalue weighted by Crippen LogP contribution is 2.21. The molecule has 3 rings (SSSR count). The summed E-state index contributed by atoms with van der Waals surface area (Å²) in [5.74, 6) is -1.19. The van der Waals surface area contributed by atoms with Crippen molar-refractivity contribution in [3.05, 3.63) is 54.4 Å². The lowest BCUT2D eigenvalue weighted by molar-refractivity contribution is 0.0696. The maximum absolute atomic E-state index is 12.3. The molecule has 0 spiro atoms. The summed E-state index contributed by atoms with van der Waals surface area (Å²) in [6, 6.07) is 9.77. The molecule has 1 heterocycles. The van der Waals surface area contributed by atoms with Gasteiger partial charge in [0.05, 0.1) is 16.1 Å². The van der Waals surface area contributed by atoms with E-state index < -0.39 is 16.0 Å². The van der Waals surface area contributed by atoms with Gasteiger partial charge in [-0.05, 0) is 36.4 Å². The molecule has 0 saturated carbocycles. The summed E-state index contributed by atoms with van der Waals surface area (Å²) in [6.45, 7) is 0. The van der Waals surface area contributed by atoms with Crippen LogP contribution >= 0.6 is 0 Å². The minimum Gasteiger partial charge on any atom is -0.478 e. The first kappa shape index (κ1) is 14.1. The summed E-state index contributed by atoms with van der Waals surface area (Å²) in [5.41, 5.74) is 1.26. The molecular weight excluding hydrogens is 308 g/mol. The molecule has 2 N–H and O–H groups in total. The van der Waals surface area contributed by atoms with Crippen LogP contribution in [0.15, 0.2) is 58.2 Å². The molecule has 0 aliphatic rings. The van der Waals surface area contributed by atoms with Crippen molar-refractivity contribution in [2.24, 2.45) is 0 Å². The van der Waals surface area contributed by atoms with Gasteiger partial charge in [-0.1, -0.05) is 6.07 Å². The average Bonchev–Trinajstić information content (AvgIpc) is 2.94. The molecule has 112 valence electrons. The van der Waals surface area contributed by atoms with Crippen molar-refractivity contribution < 1.29 is 22.7 Å². The Morgan fingerprint density at radius 1 is 1.18 bits per heavy atom. The third-order valence-electron chi connectivity index (χ3n) is 2.97. The standard InChI is InChI=1S/C14H10N2O5S/c17-14(18)9-2-1-3-11(6-9)22(19,20)16-10-4-5-13-12(7-10)15-8-21-13/h1-8,16H,(H,17,18). The zero-order chi connectivity index (χ0) is 15.7. The fourth-order valence-electron chi connectivity index (χ4n) is 1.93. The number of aromatic nitrogens is 1. The molecular formula is C14H10N2O5S. The smallest absolute Gasteiger partial charge is 0.335 e. The summed E-state index contributed by atoms with van der Waals surface area (Å²) in [6.07, 6.45) is 1.26. The van der Waals surface area contributed by atoms with E-state index in [9.17, 15) is 13.2 Å². The summed E-state index contributed by atoms with van der Waals surface area (Å²) in [5, 5.41) is 8.93. The fourth-order valence-corrected chi connectivity index (χ4v) is 3.03. The van der Waals surface area contributed by atoms with E-state index in [0.29, 0.717) is 16.8 Å². The molecule has 7 nitrogen and oxygen atoms in total. The number of nitrogens with one attached hydrogen (secondary N) is 1. The maximum Gasteiger partial charge on any atom is 0.335 e. The topological polar surface area (TPSA) is 110 Å². The number of carboxylic acid groups (broad SMARTS) is 1. The van der Waals surface area contributed by atoms with Gasteiger partial charge in [-0.25, -0.2) is 18.2 Å². The molecule has 3 aromatic rings. The first-order valence-corrected chi connectivity index (χ1v) is 7.63. The Balaban J connectivity index is 1.95. The first-order chi connectivity index (χ1) is 10.5. The zero-order valence-electron chi connectivity index (χ0n) is 11.1. The van der Waals surface area contributed by atoms with Crippen LogP contribution in [0.25, 0.3) is 11.1 Å². The number of aromatic carboxylic acids is 1. The van der Waals surface area contributed by atoms with Gasteiger partial charge in [0.25, 0.3) is 10.0 Å². The van der Waals surface area contributed by atoms with Crippen LogP contribution in [0.5, 0.6) is 0 Å². The van der Waals surface area contributed by atoms with Crippen molar-refractivity contribution in [2.75, 3.05) is 4.72 Å². The van der Waals surface area contributed by atoms with Crippen LogP contribution < -0.4 is 4.72 Å². The van der Waals surface area contributed by atoms with E-state index in [2.05, 4.69) is 9.71 Å². The fraction of sp³-hybridized carbons (Fsp3) is 0. The van der Waals surface area contributed by atoms with E-state index in [1.807, 2.05) is 0 Å². The molecule has 0 unspecified atom stereocenters. The summed E-state index contributed by atoms with van der Waals surface area (Å²) in [7, 11) is -3.89. The van der Waals surface area contributed by atoms with Gasteiger partial charge in [0.1, 0.15) is 5.52 Å². The second-order valence-corrected chi connectivity index (χ2v) is 6.16. The normalized spacial score (nSPS) is 11.5. The summed E-state index contributed by atoms with van der Waals surface area (Å²) >= 11 is 0. The van der Waals surface area contributed by atoms with E-state index in [-0.39, 0.29) is 10.5 Å². The molecule has 2 aromatic carbocycles. The Morgan fingerprint density at radius 3 is 2.77 bits per heavy atom.